The lowest BCUT2D eigenvalue weighted by Gasteiger charge is -2.08. The van der Waals surface area contributed by atoms with Gasteiger partial charge in [0, 0.05) is 5.88 Å². The zero-order chi connectivity index (χ0) is 8.97. The van der Waals surface area contributed by atoms with Crippen LogP contribution >= 0.6 is 0 Å². The lowest BCUT2D eigenvalue weighted by molar-refractivity contribution is -0.276. The molecule has 0 aromatic carbocycles. The summed E-state index contributed by atoms with van der Waals surface area (Å²) in [5.41, 5.74) is -0.0770. The highest BCUT2D eigenvalue weighted by Crippen LogP contribution is 2.08. The van der Waals surface area contributed by atoms with E-state index in [0.717, 1.165) is 0 Å². The first-order chi connectivity index (χ1) is 5.75. The van der Waals surface area contributed by atoms with E-state index in [0.29, 0.717) is 0 Å². The van der Waals surface area contributed by atoms with Crippen LogP contribution < -0.4 is 5.11 Å². The number of aromatic nitrogens is 2. The van der Waals surface area contributed by atoms with E-state index >= 15 is 0 Å². The second kappa shape index (κ2) is 3.66. The van der Waals surface area contributed by atoms with E-state index in [2.05, 4.69) is 14.9 Å². The minimum absolute atomic E-state index is 0.0770. The third-order valence-electron chi connectivity index (χ3n) is 1.18. The fourth-order valence-electron chi connectivity index (χ4n) is 0.683. The van der Waals surface area contributed by atoms with Crippen molar-refractivity contribution >= 4 is 5.97 Å². The van der Waals surface area contributed by atoms with Crippen molar-refractivity contribution in [1.29, 1.82) is 0 Å². The highest BCUT2D eigenvalue weighted by Gasteiger charge is 2.06. The quantitative estimate of drug-likeness (QED) is 0.566. The van der Waals surface area contributed by atoms with Crippen LogP contribution in [0.15, 0.2) is 12.3 Å². The Morgan fingerprint density at radius 3 is 3.08 bits per heavy atom. The predicted molar refractivity (Wildman–Crippen MR) is 37.4 cm³/mol. The summed E-state index contributed by atoms with van der Waals surface area (Å²) in [7, 11) is 0. The summed E-state index contributed by atoms with van der Waals surface area (Å²) < 4.78 is 4.60. The van der Waals surface area contributed by atoms with Crippen molar-refractivity contribution in [2.75, 3.05) is 6.61 Å². The summed E-state index contributed by atoms with van der Waals surface area (Å²) in [5.74, 6) is -1.31. The van der Waals surface area contributed by atoms with Gasteiger partial charge in [0.05, 0.1) is 18.4 Å². The molecule has 0 amide bonds. The van der Waals surface area contributed by atoms with Crippen molar-refractivity contribution in [2.45, 2.75) is 6.92 Å². The van der Waals surface area contributed by atoms with Crippen LogP contribution in [0.3, 0.4) is 0 Å². The molecule has 0 atom stereocenters. The standard InChI is InChI=1S/C7H8N2O3/c1-2-12-7(11)5-3-4-8-9-6(5)10/h3-4H,2H2,1H3,(H,9,10)/p-1. The molecule has 0 saturated carbocycles. The molecule has 1 aromatic heterocycles. The summed E-state index contributed by atoms with van der Waals surface area (Å²) in [5, 5.41) is 17.4. The van der Waals surface area contributed by atoms with Crippen LogP contribution in [-0.4, -0.2) is 22.8 Å². The lowest BCUT2D eigenvalue weighted by atomic mass is 10.3. The maximum absolute atomic E-state index is 11.0. The number of hydrogen-bond donors (Lipinski definition) is 0. The van der Waals surface area contributed by atoms with E-state index in [9.17, 15) is 9.90 Å². The highest BCUT2D eigenvalue weighted by atomic mass is 16.5. The van der Waals surface area contributed by atoms with Gasteiger partial charge in [0.2, 0.25) is 0 Å². The number of hydrogen-bond acceptors (Lipinski definition) is 5. The van der Waals surface area contributed by atoms with E-state index in [-0.39, 0.29) is 12.2 Å². The molecule has 0 aliphatic carbocycles. The van der Waals surface area contributed by atoms with Crippen molar-refractivity contribution < 1.29 is 14.6 Å². The lowest BCUT2D eigenvalue weighted by Crippen LogP contribution is -2.10. The maximum atomic E-state index is 11.0. The Morgan fingerprint density at radius 1 is 1.75 bits per heavy atom. The van der Waals surface area contributed by atoms with Crippen LogP contribution in [0.25, 0.3) is 0 Å². The van der Waals surface area contributed by atoms with Crippen molar-refractivity contribution in [2.24, 2.45) is 0 Å². The second-order valence-electron chi connectivity index (χ2n) is 1.97. The Bertz CT molecular complexity index is 288. The Kier molecular flexibility index (Phi) is 2.57. The predicted octanol–water partition coefficient (Wildman–Crippen LogP) is -0.273. The molecule has 0 bridgehead atoms. The summed E-state index contributed by atoms with van der Waals surface area (Å²) >= 11 is 0. The summed E-state index contributed by atoms with van der Waals surface area (Å²) in [4.78, 5) is 11.0. The summed E-state index contributed by atoms with van der Waals surface area (Å²) in [6.07, 6.45) is 1.27. The average Bonchev–Trinajstić information content (AvgIpc) is 2.05. The van der Waals surface area contributed by atoms with Gasteiger partial charge in [0.1, 0.15) is 0 Å². The van der Waals surface area contributed by atoms with Crippen molar-refractivity contribution in [3.63, 3.8) is 0 Å². The van der Waals surface area contributed by atoms with Crippen LogP contribution in [0.4, 0.5) is 0 Å². The monoisotopic (exact) mass is 167 g/mol. The fraction of sp³-hybridized carbons (Fsp3) is 0.286. The van der Waals surface area contributed by atoms with E-state index < -0.39 is 11.8 Å². The number of carbonyl (C=O) groups is 1. The Hall–Kier alpha value is -1.65. The number of rotatable bonds is 2. The number of ether oxygens (including phenoxy) is 1. The summed E-state index contributed by atoms with van der Waals surface area (Å²) in [6.45, 7) is 1.90. The maximum Gasteiger partial charge on any atom is 0.339 e. The van der Waals surface area contributed by atoms with E-state index in [1.807, 2.05) is 0 Å². The van der Waals surface area contributed by atoms with Gasteiger partial charge in [-0.3, -0.25) is 0 Å². The smallest absolute Gasteiger partial charge is 0.339 e. The van der Waals surface area contributed by atoms with Gasteiger partial charge in [-0.15, -0.1) is 0 Å². The van der Waals surface area contributed by atoms with Gasteiger partial charge in [0.15, 0.2) is 0 Å². The molecule has 0 unspecified atom stereocenters. The molecule has 1 aromatic rings. The van der Waals surface area contributed by atoms with E-state index in [1.165, 1.54) is 12.3 Å². The number of carbonyl (C=O) groups excluding carboxylic acids is 1. The number of esters is 1. The minimum Gasteiger partial charge on any atom is -0.857 e. The Morgan fingerprint density at radius 2 is 2.50 bits per heavy atom. The van der Waals surface area contributed by atoms with E-state index in [4.69, 9.17) is 0 Å². The molecule has 12 heavy (non-hydrogen) atoms. The zero-order valence-corrected chi connectivity index (χ0v) is 6.48. The van der Waals surface area contributed by atoms with Gasteiger partial charge in [-0.2, -0.15) is 10.2 Å². The molecule has 0 spiro atoms. The van der Waals surface area contributed by atoms with Crippen molar-refractivity contribution in [1.82, 2.24) is 10.2 Å². The fourth-order valence-corrected chi connectivity index (χ4v) is 0.683. The van der Waals surface area contributed by atoms with Crippen LogP contribution in [0.1, 0.15) is 17.3 Å². The zero-order valence-electron chi connectivity index (χ0n) is 6.48. The van der Waals surface area contributed by atoms with Crippen molar-refractivity contribution in [3.05, 3.63) is 17.8 Å². The van der Waals surface area contributed by atoms with Gasteiger partial charge in [-0.1, -0.05) is 0 Å². The van der Waals surface area contributed by atoms with E-state index in [1.54, 1.807) is 6.92 Å². The highest BCUT2D eigenvalue weighted by molar-refractivity contribution is 5.91. The molecule has 5 nitrogen and oxygen atoms in total. The molecule has 0 N–H and O–H groups in total. The molecule has 0 radical (unpaired) electrons. The molecule has 0 fully saturated rings. The molecule has 5 heteroatoms. The molecule has 0 aliphatic rings. The molecule has 64 valence electrons. The van der Waals surface area contributed by atoms with Gasteiger partial charge < -0.3 is 9.84 Å². The topological polar surface area (TPSA) is 75.1 Å². The minimum atomic E-state index is -0.657. The van der Waals surface area contributed by atoms with Crippen LogP contribution in [-0.2, 0) is 4.74 Å². The number of nitrogens with zero attached hydrogens (tertiary/aromatic N) is 2. The molecule has 1 rings (SSSR count). The van der Waals surface area contributed by atoms with Gasteiger partial charge >= 0.3 is 5.97 Å². The molecule has 0 saturated heterocycles. The van der Waals surface area contributed by atoms with Gasteiger partial charge in [-0.05, 0) is 13.0 Å². The Labute approximate surface area is 69.0 Å². The first kappa shape index (κ1) is 8.45. The molecular weight excluding hydrogens is 160 g/mol. The second-order valence-corrected chi connectivity index (χ2v) is 1.97. The first-order valence-electron chi connectivity index (χ1n) is 3.41. The normalized spacial score (nSPS) is 9.42. The van der Waals surface area contributed by atoms with Gasteiger partial charge in [-0.25, -0.2) is 4.79 Å². The van der Waals surface area contributed by atoms with Gasteiger partial charge in [0.25, 0.3) is 0 Å². The third kappa shape index (κ3) is 1.69. The SMILES string of the molecule is CCOC(=O)c1ccnnc1[O-]. The molecule has 0 aliphatic heterocycles. The van der Waals surface area contributed by atoms with Crippen molar-refractivity contribution in [3.8, 4) is 5.88 Å². The Balaban J connectivity index is 2.87. The third-order valence-corrected chi connectivity index (χ3v) is 1.18. The molecular formula is C7H7N2O3-. The largest absolute Gasteiger partial charge is 0.857 e. The van der Waals surface area contributed by atoms with Crippen LogP contribution in [0.2, 0.25) is 0 Å². The first-order valence-corrected chi connectivity index (χ1v) is 3.41. The molecule has 1 heterocycles. The van der Waals surface area contributed by atoms with Crippen LogP contribution in [0.5, 0.6) is 5.88 Å². The summed E-state index contributed by atoms with van der Waals surface area (Å²) in [6, 6.07) is 1.29. The average molecular weight is 167 g/mol. The van der Waals surface area contributed by atoms with Crippen LogP contribution in [0, 0.1) is 0 Å².